The summed E-state index contributed by atoms with van der Waals surface area (Å²) in [5.41, 5.74) is 0.335. The molecule has 0 fully saturated rings. The first kappa shape index (κ1) is 5.83. The fourth-order valence-corrected chi connectivity index (χ4v) is 0.531. The first-order valence-corrected chi connectivity index (χ1v) is 2.67. The van der Waals surface area contributed by atoms with Gasteiger partial charge in [0.1, 0.15) is 6.20 Å². The molecule has 2 heterocycles. The molecule has 0 N–H and O–H groups in total. The van der Waals surface area contributed by atoms with E-state index in [2.05, 4.69) is 34.9 Å². The molecule has 0 aromatic carbocycles. The van der Waals surface area contributed by atoms with Gasteiger partial charge in [-0.05, 0) is 15.5 Å². The predicted molar refractivity (Wildman–Crippen MR) is 31.5 cm³/mol. The molecule has 0 atom stereocenters. The van der Waals surface area contributed by atoms with Crippen molar-refractivity contribution in [3.8, 4) is 0 Å². The molecule has 7 nitrogen and oxygen atoms in total. The Morgan fingerprint density at radius 3 is 3.00 bits per heavy atom. The van der Waals surface area contributed by atoms with Crippen LogP contribution in [0.3, 0.4) is 0 Å². The molecule has 0 radical (unpaired) electrons. The highest BCUT2D eigenvalue weighted by Gasteiger charge is 2.12. The maximum Gasteiger partial charge on any atom is 0.315 e. The predicted octanol–water partition coefficient (Wildman–Crippen LogP) is -0.279. The molecule has 0 spiro atoms. The Kier molecular flexibility index (Phi) is 1.26. The second kappa shape index (κ2) is 2.37. The standard InChI is InChI=1S/C4H2N4O3/c1-3(7-11-5-1)4-8-9-2-6-10-4/h1-2H. The summed E-state index contributed by atoms with van der Waals surface area (Å²) in [6, 6.07) is 0. The molecule has 56 valence electrons. The summed E-state index contributed by atoms with van der Waals surface area (Å²) < 4.78 is 4.30. The van der Waals surface area contributed by atoms with E-state index in [1.807, 2.05) is 0 Å². The van der Waals surface area contributed by atoms with Crippen LogP contribution in [-0.4, -0.2) is 22.6 Å². The van der Waals surface area contributed by atoms with Gasteiger partial charge in [-0.2, -0.15) is 0 Å². The van der Waals surface area contributed by atoms with E-state index in [9.17, 15) is 0 Å². The summed E-state index contributed by atoms with van der Waals surface area (Å²) in [7, 11) is 0. The zero-order valence-electron chi connectivity index (χ0n) is 5.17. The fraction of sp³-hybridized carbons (Fsp3) is 0. The van der Waals surface area contributed by atoms with Crippen LogP contribution in [0.25, 0.3) is 0 Å². The van der Waals surface area contributed by atoms with Gasteiger partial charge in [-0.15, -0.1) is 0 Å². The Balaban J connectivity index is 2.24. The molecule has 1 aromatic rings. The Hall–Kier alpha value is -1.92. The normalized spacial score (nSPS) is 15.1. The summed E-state index contributed by atoms with van der Waals surface area (Å²) in [5.74, 6) is 0.119. The molecular weight excluding hydrogens is 152 g/mol. The van der Waals surface area contributed by atoms with Crippen molar-refractivity contribution in [2.75, 3.05) is 0 Å². The molecule has 1 aliphatic heterocycles. The summed E-state index contributed by atoms with van der Waals surface area (Å²) in [6.07, 6.45) is 2.39. The minimum absolute atomic E-state index is 0.119. The van der Waals surface area contributed by atoms with Crippen molar-refractivity contribution in [3.05, 3.63) is 11.9 Å². The number of rotatable bonds is 1. The van der Waals surface area contributed by atoms with Gasteiger partial charge in [-0.1, -0.05) is 5.16 Å². The van der Waals surface area contributed by atoms with Gasteiger partial charge in [-0.25, -0.2) is 4.63 Å². The average Bonchev–Trinajstić information content (AvgIpc) is 2.58. The number of hydrogen-bond acceptors (Lipinski definition) is 7. The third-order valence-electron chi connectivity index (χ3n) is 0.945. The molecular formula is C4H2N4O3. The molecule has 0 bridgehead atoms. The van der Waals surface area contributed by atoms with Crippen LogP contribution in [0.1, 0.15) is 5.69 Å². The third kappa shape index (κ3) is 1.02. The molecule has 11 heavy (non-hydrogen) atoms. The van der Waals surface area contributed by atoms with E-state index in [-0.39, 0.29) is 5.90 Å². The average molecular weight is 154 g/mol. The molecule has 0 saturated carbocycles. The van der Waals surface area contributed by atoms with E-state index in [0.717, 1.165) is 6.40 Å². The minimum atomic E-state index is 0.119. The van der Waals surface area contributed by atoms with Crippen molar-refractivity contribution >= 4 is 12.3 Å². The van der Waals surface area contributed by atoms with Gasteiger partial charge in [0.2, 0.25) is 6.40 Å². The molecule has 7 heteroatoms. The Morgan fingerprint density at radius 2 is 2.36 bits per heavy atom. The van der Waals surface area contributed by atoms with E-state index in [4.69, 9.17) is 0 Å². The van der Waals surface area contributed by atoms with Crippen molar-refractivity contribution in [2.45, 2.75) is 0 Å². The summed E-state index contributed by atoms with van der Waals surface area (Å²) >= 11 is 0. The van der Waals surface area contributed by atoms with Crippen LogP contribution < -0.4 is 0 Å². The minimum Gasteiger partial charge on any atom is -0.337 e. The van der Waals surface area contributed by atoms with E-state index in [1.165, 1.54) is 6.20 Å². The molecule has 0 saturated heterocycles. The van der Waals surface area contributed by atoms with Gasteiger partial charge in [0.15, 0.2) is 5.69 Å². The zero-order chi connectivity index (χ0) is 7.52. The summed E-state index contributed by atoms with van der Waals surface area (Å²) in [4.78, 5) is 9.12. The quantitative estimate of drug-likeness (QED) is 0.555. The number of nitrogens with zero attached hydrogens (tertiary/aromatic N) is 4. The highest BCUT2D eigenvalue weighted by molar-refractivity contribution is 5.91. The Labute approximate surface area is 60.2 Å². The lowest BCUT2D eigenvalue weighted by Crippen LogP contribution is -2.08. The maximum absolute atomic E-state index is 4.65. The maximum atomic E-state index is 4.65. The lowest BCUT2D eigenvalue weighted by Gasteiger charge is -2.00. The summed E-state index contributed by atoms with van der Waals surface area (Å²) in [6.45, 7) is 0. The SMILES string of the molecule is C1=NOC(c2cnon2)=NO1. The van der Waals surface area contributed by atoms with E-state index >= 15 is 0 Å². The molecule has 0 amide bonds. The van der Waals surface area contributed by atoms with Crippen molar-refractivity contribution in [2.24, 2.45) is 10.3 Å². The zero-order valence-corrected chi connectivity index (χ0v) is 5.17. The molecule has 2 rings (SSSR count). The van der Waals surface area contributed by atoms with Crippen molar-refractivity contribution in [1.82, 2.24) is 10.3 Å². The smallest absolute Gasteiger partial charge is 0.315 e. The molecule has 0 aliphatic carbocycles. The van der Waals surface area contributed by atoms with Crippen molar-refractivity contribution in [3.63, 3.8) is 0 Å². The second-order valence-electron chi connectivity index (χ2n) is 1.60. The van der Waals surface area contributed by atoms with Gasteiger partial charge < -0.3 is 9.68 Å². The van der Waals surface area contributed by atoms with Crippen LogP contribution in [0.2, 0.25) is 0 Å². The van der Waals surface area contributed by atoms with E-state index < -0.39 is 0 Å². The van der Waals surface area contributed by atoms with Crippen LogP contribution in [0, 0.1) is 0 Å². The van der Waals surface area contributed by atoms with Gasteiger partial charge in [0, 0.05) is 0 Å². The van der Waals surface area contributed by atoms with Crippen LogP contribution >= 0.6 is 0 Å². The molecule has 1 aliphatic rings. The molecule has 1 aromatic heterocycles. The topological polar surface area (TPSA) is 82.1 Å². The van der Waals surface area contributed by atoms with E-state index in [0.29, 0.717) is 5.69 Å². The highest BCUT2D eigenvalue weighted by Crippen LogP contribution is 2.00. The summed E-state index contributed by atoms with van der Waals surface area (Å²) in [5, 5.41) is 13.6. The lowest BCUT2D eigenvalue weighted by molar-refractivity contribution is 0.227. The number of hydrogen-bond donors (Lipinski definition) is 0. The van der Waals surface area contributed by atoms with Crippen LogP contribution in [0.15, 0.2) is 21.1 Å². The molecule has 0 unspecified atom stereocenters. The number of aromatic nitrogens is 2. The lowest BCUT2D eigenvalue weighted by atomic mass is 10.5. The van der Waals surface area contributed by atoms with Gasteiger partial charge >= 0.3 is 5.90 Å². The first-order valence-electron chi connectivity index (χ1n) is 2.67. The van der Waals surface area contributed by atoms with Gasteiger partial charge in [0.05, 0.1) is 0 Å². The highest BCUT2D eigenvalue weighted by atomic mass is 16.7. The van der Waals surface area contributed by atoms with Gasteiger partial charge in [-0.3, -0.25) is 0 Å². The Morgan fingerprint density at radius 1 is 1.36 bits per heavy atom. The fourth-order valence-electron chi connectivity index (χ4n) is 0.531. The van der Waals surface area contributed by atoms with Crippen LogP contribution in [0.4, 0.5) is 0 Å². The van der Waals surface area contributed by atoms with Crippen LogP contribution in [0.5, 0.6) is 0 Å². The monoisotopic (exact) mass is 154 g/mol. The van der Waals surface area contributed by atoms with Crippen molar-refractivity contribution in [1.29, 1.82) is 0 Å². The van der Waals surface area contributed by atoms with Crippen LogP contribution in [-0.2, 0) is 9.68 Å². The Bertz CT molecular complexity index is 290. The van der Waals surface area contributed by atoms with Gasteiger partial charge in [0.25, 0.3) is 0 Å². The second-order valence-corrected chi connectivity index (χ2v) is 1.60. The largest absolute Gasteiger partial charge is 0.337 e. The third-order valence-corrected chi connectivity index (χ3v) is 0.945. The van der Waals surface area contributed by atoms with Crippen molar-refractivity contribution < 1.29 is 14.3 Å². The number of oxime groups is 2. The van der Waals surface area contributed by atoms with E-state index in [1.54, 1.807) is 0 Å². The first-order chi connectivity index (χ1) is 5.47.